The number of nitrogens with two attached hydrogens (primary N) is 1. The van der Waals surface area contributed by atoms with Crippen LogP contribution in [0.25, 0.3) is 11.3 Å². The van der Waals surface area contributed by atoms with E-state index in [4.69, 9.17) is 51.1 Å². The summed E-state index contributed by atoms with van der Waals surface area (Å²) in [6.07, 6.45) is -4.38. The molecular formula is C42H52BrClF4N5O11P. The molecule has 0 saturated carbocycles. The Morgan fingerprint density at radius 2 is 1.69 bits per heavy atom. The van der Waals surface area contributed by atoms with Crippen LogP contribution in [0.5, 0.6) is 17.2 Å². The van der Waals surface area contributed by atoms with Crippen LogP contribution < -0.4 is 20.5 Å². The fraction of sp³-hybridized carbons (Fsp3) is 0.429. The van der Waals surface area contributed by atoms with Crippen molar-refractivity contribution in [2.24, 2.45) is 12.8 Å². The minimum absolute atomic E-state index is 0.0412. The number of methoxy groups -OCH3 is 1. The number of carboxylic acid groups (broad SMARTS) is 1. The Hall–Kier alpha value is -4.76. The normalized spacial score (nSPS) is 16.5. The number of aromatic nitrogens is 2. The number of hydroxylamine groups is 2. The minimum Gasteiger partial charge on any atom is -0.480 e. The Morgan fingerprint density at radius 1 is 1.09 bits per heavy atom. The highest BCUT2D eigenvalue weighted by Gasteiger charge is 2.42. The Labute approximate surface area is 386 Å². The second kappa shape index (κ2) is 22.2. The number of hydrogen-bond donors (Lipinski definition) is 4. The highest BCUT2D eigenvalue weighted by Crippen LogP contribution is 2.47. The molecule has 0 bridgehead atoms. The molecule has 3 atom stereocenters. The van der Waals surface area contributed by atoms with Gasteiger partial charge >= 0.3 is 24.1 Å². The number of benzene rings is 3. The first kappa shape index (κ1) is 54.6. The first-order chi connectivity index (χ1) is 29.9. The Kier molecular flexibility index (Phi) is 18.6. The van der Waals surface area contributed by atoms with E-state index < -0.39 is 59.4 Å². The van der Waals surface area contributed by atoms with E-state index in [2.05, 4.69) is 40.2 Å². The molecule has 5 N–H and O–H groups in total. The zero-order valence-corrected chi connectivity index (χ0v) is 40.4. The van der Waals surface area contributed by atoms with Gasteiger partial charge in [-0.15, -0.1) is 0 Å². The fourth-order valence-corrected chi connectivity index (χ4v) is 7.92. The quantitative estimate of drug-likeness (QED) is 0.0451. The number of ether oxygens (including phenoxy) is 4. The number of carbonyl (C=O) groups is 3. The minimum atomic E-state index is -4.69. The van der Waals surface area contributed by atoms with Gasteiger partial charge in [-0.2, -0.15) is 18.3 Å². The molecule has 1 aliphatic rings. The lowest BCUT2D eigenvalue weighted by Gasteiger charge is -2.43. The smallest absolute Gasteiger partial charge is 0.434 e. The number of aryl methyl sites for hydroxylation is 1. The van der Waals surface area contributed by atoms with Gasteiger partial charge in [0.05, 0.1) is 28.3 Å². The third-order valence-electron chi connectivity index (χ3n) is 9.41. The molecule has 0 aliphatic carbocycles. The van der Waals surface area contributed by atoms with Crippen molar-refractivity contribution in [1.82, 2.24) is 14.8 Å². The molecule has 23 heteroatoms. The summed E-state index contributed by atoms with van der Waals surface area (Å²) in [6, 6.07) is 13.4. The molecular weight excluding hydrogens is 973 g/mol. The molecule has 0 spiro atoms. The maximum Gasteiger partial charge on any atom is 0.434 e. The average Bonchev–Trinajstić information content (AvgIpc) is 3.49. The summed E-state index contributed by atoms with van der Waals surface area (Å²) in [4.78, 5) is 47.6. The molecule has 0 fully saturated rings. The number of carbonyl (C=O) groups excluding carboxylic acids is 2. The third kappa shape index (κ3) is 15.4. The molecule has 3 unspecified atom stereocenters. The molecule has 2 amide bonds. The average molecular weight is 1030 g/mol. The second-order valence-corrected chi connectivity index (χ2v) is 19.6. The number of nitrogens with one attached hydrogen (secondary N) is 1. The van der Waals surface area contributed by atoms with Crippen molar-refractivity contribution < 1.29 is 70.3 Å². The number of carboxylic acids is 1. The monoisotopic (exact) mass is 1020 g/mol. The first-order valence-electron chi connectivity index (χ1n) is 19.4. The van der Waals surface area contributed by atoms with Gasteiger partial charge in [0, 0.05) is 70.3 Å². The summed E-state index contributed by atoms with van der Waals surface area (Å²) in [6.45, 7) is 10.7. The molecule has 2 heterocycles. The molecule has 5 rings (SSSR count). The molecule has 1 aliphatic heterocycles. The number of esters is 1. The summed E-state index contributed by atoms with van der Waals surface area (Å²) in [7, 11) is 2.59. The number of aliphatic carboxylic acids is 1. The molecule has 0 radical (unpaired) electrons. The molecule has 3 aromatic carbocycles. The van der Waals surface area contributed by atoms with Gasteiger partial charge in [-0.3, -0.25) is 18.9 Å². The lowest BCUT2D eigenvalue weighted by Crippen LogP contribution is -2.45. The molecule has 65 heavy (non-hydrogen) atoms. The summed E-state index contributed by atoms with van der Waals surface area (Å²) in [5.74, 6) is -1.48. The van der Waals surface area contributed by atoms with Crippen molar-refractivity contribution in [3.05, 3.63) is 86.7 Å². The van der Waals surface area contributed by atoms with Gasteiger partial charge in [-0.25, -0.2) is 19.0 Å². The SMILES string of the molecule is CC(C)OC(=O)c1cc(-c2nn(C)c(C(F)(F)F)c2Br)c(F)cc1Cl.CON(C)C(=O)Nc1ccc(Oc2ccc3c(c2)OC(C)(OC)CC3(C)C)cc1.CP(=O)(O)CCC(N)C(=O)O. The molecule has 358 valence electrons. The van der Waals surface area contributed by atoms with Crippen LogP contribution in [0.4, 0.5) is 28.0 Å². The van der Waals surface area contributed by atoms with Crippen molar-refractivity contribution in [1.29, 1.82) is 0 Å². The van der Waals surface area contributed by atoms with E-state index in [0.29, 0.717) is 21.9 Å². The van der Waals surface area contributed by atoms with Crippen LogP contribution in [0.15, 0.2) is 59.1 Å². The van der Waals surface area contributed by atoms with Crippen LogP contribution in [-0.2, 0) is 42.3 Å². The van der Waals surface area contributed by atoms with Gasteiger partial charge in [-0.05, 0) is 84.1 Å². The molecule has 0 saturated heterocycles. The summed E-state index contributed by atoms with van der Waals surface area (Å²) in [5.41, 5.74) is 4.92. The molecule has 4 aromatic rings. The van der Waals surface area contributed by atoms with Crippen LogP contribution in [0.2, 0.25) is 5.02 Å². The standard InChI is InChI=1S/C22H28N2O5.C15H12BrClF4N2O2.C5H12NO4P/c1-21(2)14-22(3,26-5)29-19-13-17(11-12-18(19)21)28-16-9-7-15(8-10-16)23-20(25)24(4)27-6;1-6(2)25-14(24)7-4-8(10(18)5-9(7)17)12-11(16)13(15(19,20)21)23(3)22-12;1-11(9,10)3-2-4(6)5(7)8/h7-13H,14H2,1-6H3,(H,23,25);4-6H,1-3H3;4H,2-3,6H2,1H3,(H,7,8)(H,9,10). The zero-order valence-electron chi connectivity index (χ0n) is 37.2. The van der Waals surface area contributed by atoms with Crippen molar-refractivity contribution in [2.75, 3.05) is 39.4 Å². The number of amides is 2. The van der Waals surface area contributed by atoms with Gasteiger partial charge in [0.25, 0.3) is 0 Å². The van der Waals surface area contributed by atoms with Crippen LogP contribution >= 0.6 is 34.9 Å². The van der Waals surface area contributed by atoms with Crippen LogP contribution in [0.1, 0.15) is 69.1 Å². The highest BCUT2D eigenvalue weighted by molar-refractivity contribution is 9.10. The molecule has 1 aromatic heterocycles. The van der Waals surface area contributed by atoms with Gasteiger partial charge < -0.3 is 40.0 Å². The second-order valence-electron chi connectivity index (χ2n) is 15.8. The summed E-state index contributed by atoms with van der Waals surface area (Å²) < 4.78 is 87.0. The highest BCUT2D eigenvalue weighted by atomic mass is 79.9. The number of fused-ring (bicyclic) bond motifs is 1. The number of nitrogens with zero attached hydrogens (tertiary/aromatic N) is 3. The maximum atomic E-state index is 14.3. The predicted molar refractivity (Wildman–Crippen MR) is 238 cm³/mol. The van der Waals surface area contributed by atoms with Gasteiger partial charge in [0.2, 0.25) is 5.79 Å². The van der Waals surface area contributed by atoms with Crippen molar-refractivity contribution in [3.8, 4) is 28.5 Å². The first-order valence-corrected chi connectivity index (χ1v) is 22.9. The van der Waals surface area contributed by atoms with Crippen molar-refractivity contribution in [3.63, 3.8) is 0 Å². The lowest BCUT2D eigenvalue weighted by molar-refractivity contribution is -0.172. The summed E-state index contributed by atoms with van der Waals surface area (Å²) in [5, 5.41) is 15.6. The third-order valence-corrected chi connectivity index (χ3v) is 11.6. The van der Waals surface area contributed by atoms with Gasteiger partial charge in [0.15, 0.2) is 13.1 Å². The Balaban J connectivity index is 0.000000284. The Bertz CT molecular complexity index is 2380. The number of hydrogen-bond acceptors (Lipinski definition) is 11. The Morgan fingerprint density at radius 3 is 2.20 bits per heavy atom. The maximum absolute atomic E-state index is 14.3. The van der Waals surface area contributed by atoms with Crippen LogP contribution in [0.3, 0.4) is 0 Å². The largest absolute Gasteiger partial charge is 0.480 e. The number of halogens is 6. The van der Waals surface area contributed by atoms with E-state index in [9.17, 15) is 36.5 Å². The number of anilines is 1. The topological polar surface area (TPSA) is 214 Å². The van der Waals surface area contributed by atoms with E-state index in [-0.39, 0.29) is 45.9 Å². The van der Waals surface area contributed by atoms with Crippen molar-refractivity contribution >= 4 is 58.6 Å². The summed E-state index contributed by atoms with van der Waals surface area (Å²) >= 11 is 8.67. The number of rotatable bonds is 12. The van der Waals surface area contributed by atoms with E-state index in [0.717, 1.165) is 42.0 Å². The number of urea groups is 1. The van der Waals surface area contributed by atoms with Crippen molar-refractivity contribution in [2.45, 2.75) is 77.0 Å². The number of alkyl halides is 3. The van der Waals surface area contributed by atoms with E-state index in [1.165, 1.54) is 20.8 Å². The van der Waals surface area contributed by atoms with Gasteiger partial charge in [0.1, 0.15) is 34.8 Å². The fourth-order valence-electron chi connectivity index (χ4n) is 6.16. The van der Waals surface area contributed by atoms with Crippen LogP contribution in [0, 0.1) is 5.82 Å². The van der Waals surface area contributed by atoms with E-state index in [1.807, 2.05) is 25.1 Å². The van der Waals surface area contributed by atoms with E-state index in [1.54, 1.807) is 45.2 Å². The molecule has 16 nitrogen and oxygen atoms in total. The van der Waals surface area contributed by atoms with Gasteiger partial charge in [-0.1, -0.05) is 31.5 Å². The van der Waals surface area contributed by atoms with Crippen LogP contribution in [-0.4, -0.2) is 94.8 Å². The predicted octanol–water partition coefficient (Wildman–Crippen LogP) is 9.84. The zero-order chi connectivity index (χ0) is 49.4. The lowest BCUT2D eigenvalue weighted by atomic mass is 9.76. The van der Waals surface area contributed by atoms with E-state index >= 15 is 0 Å².